The highest BCUT2D eigenvalue weighted by molar-refractivity contribution is 7.92. The maximum atomic E-state index is 13.7. The number of nitrogens with one attached hydrogen (secondary N) is 1. The van der Waals surface area contributed by atoms with Crippen molar-refractivity contribution in [2.75, 3.05) is 17.1 Å². The van der Waals surface area contributed by atoms with Crippen LogP contribution in [0.1, 0.15) is 64.7 Å². The van der Waals surface area contributed by atoms with Crippen LogP contribution in [0.5, 0.6) is 0 Å². The van der Waals surface area contributed by atoms with E-state index in [0.717, 1.165) is 27.3 Å². The van der Waals surface area contributed by atoms with Crippen LogP contribution in [0.2, 0.25) is 0 Å². The molecule has 0 fully saturated rings. The summed E-state index contributed by atoms with van der Waals surface area (Å²) in [5.74, 6) is -0.694. The quantitative estimate of drug-likeness (QED) is 0.508. The fourth-order valence-electron chi connectivity index (χ4n) is 3.93. The lowest BCUT2D eigenvalue weighted by molar-refractivity contribution is -0.140. The molecule has 0 unspecified atom stereocenters. The van der Waals surface area contributed by atoms with Gasteiger partial charge in [-0.15, -0.1) is 0 Å². The molecule has 0 saturated heterocycles. The van der Waals surface area contributed by atoms with Crippen molar-refractivity contribution in [2.45, 2.75) is 78.9 Å². The third kappa shape index (κ3) is 8.08. The Morgan fingerprint density at radius 3 is 1.97 bits per heavy atom. The van der Waals surface area contributed by atoms with Crippen molar-refractivity contribution < 1.29 is 18.0 Å². The van der Waals surface area contributed by atoms with Gasteiger partial charge in [-0.05, 0) is 55.9 Å². The van der Waals surface area contributed by atoms with Gasteiger partial charge in [0, 0.05) is 12.6 Å². The maximum absolute atomic E-state index is 13.7. The molecule has 1 atom stereocenters. The SMILES string of the molecule is CC[C@@H](C(=O)NC(C)C)N(Cc1ccc(C)cc1)C(=O)CN(c1ccc(C(C)(C)C)cc1)S(C)(=O)=O. The number of carbonyl (C=O) groups is 2. The van der Waals surface area contributed by atoms with Crippen molar-refractivity contribution in [1.82, 2.24) is 10.2 Å². The number of hydrogen-bond donors (Lipinski definition) is 1. The van der Waals surface area contributed by atoms with Gasteiger partial charge in [-0.25, -0.2) is 8.42 Å². The third-order valence-electron chi connectivity index (χ3n) is 5.99. The predicted molar refractivity (Wildman–Crippen MR) is 146 cm³/mol. The van der Waals surface area contributed by atoms with Crippen LogP contribution in [-0.2, 0) is 31.6 Å². The number of amides is 2. The monoisotopic (exact) mass is 515 g/mol. The first-order valence-corrected chi connectivity index (χ1v) is 14.2. The summed E-state index contributed by atoms with van der Waals surface area (Å²) in [5, 5.41) is 2.89. The average molecular weight is 516 g/mol. The largest absolute Gasteiger partial charge is 0.352 e. The molecule has 0 saturated carbocycles. The molecule has 2 rings (SSSR count). The van der Waals surface area contributed by atoms with Gasteiger partial charge in [0.1, 0.15) is 12.6 Å². The van der Waals surface area contributed by atoms with Gasteiger partial charge in [-0.1, -0.05) is 69.7 Å². The predicted octanol–water partition coefficient (Wildman–Crippen LogP) is 4.39. The van der Waals surface area contributed by atoms with Gasteiger partial charge < -0.3 is 10.2 Å². The second-order valence-corrected chi connectivity index (χ2v) is 12.6. The highest BCUT2D eigenvalue weighted by Crippen LogP contribution is 2.26. The van der Waals surface area contributed by atoms with Crippen molar-refractivity contribution in [1.29, 1.82) is 0 Å². The zero-order valence-electron chi connectivity index (χ0n) is 22.8. The molecule has 0 aliphatic carbocycles. The van der Waals surface area contributed by atoms with E-state index in [1.165, 1.54) is 4.90 Å². The van der Waals surface area contributed by atoms with Gasteiger partial charge in [0.25, 0.3) is 0 Å². The van der Waals surface area contributed by atoms with Crippen molar-refractivity contribution in [3.63, 3.8) is 0 Å². The van der Waals surface area contributed by atoms with Crippen molar-refractivity contribution >= 4 is 27.5 Å². The Bertz CT molecular complexity index is 1130. The van der Waals surface area contributed by atoms with E-state index in [2.05, 4.69) is 26.1 Å². The van der Waals surface area contributed by atoms with Crippen LogP contribution in [0.4, 0.5) is 5.69 Å². The minimum atomic E-state index is -3.76. The third-order valence-corrected chi connectivity index (χ3v) is 7.13. The van der Waals surface area contributed by atoms with Crippen LogP contribution in [0, 0.1) is 6.92 Å². The summed E-state index contributed by atoms with van der Waals surface area (Å²) in [6, 6.07) is 14.1. The summed E-state index contributed by atoms with van der Waals surface area (Å²) in [4.78, 5) is 28.2. The van der Waals surface area contributed by atoms with E-state index < -0.39 is 28.5 Å². The Kier molecular flexibility index (Phi) is 9.71. The summed E-state index contributed by atoms with van der Waals surface area (Å²) in [5.41, 5.74) is 3.33. The van der Waals surface area contributed by atoms with E-state index in [0.29, 0.717) is 12.1 Å². The number of sulfonamides is 1. The highest BCUT2D eigenvalue weighted by atomic mass is 32.2. The first kappa shape index (κ1) is 29.4. The van der Waals surface area contributed by atoms with Crippen LogP contribution in [0.25, 0.3) is 0 Å². The minimum Gasteiger partial charge on any atom is -0.352 e. The number of aryl methyl sites for hydroxylation is 1. The molecule has 2 amide bonds. The molecule has 36 heavy (non-hydrogen) atoms. The Labute approximate surface area is 216 Å². The number of benzene rings is 2. The maximum Gasteiger partial charge on any atom is 0.244 e. The van der Waals surface area contributed by atoms with Gasteiger partial charge in [0.15, 0.2) is 0 Å². The standard InChI is InChI=1S/C28H41N3O4S/c1-9-25(27(33)29-20(2)3)30(18-22-12-10-21(4)11-13-22)26(32)19-31(36(8,34)35)24-16-14-23(15-17-24)28(5,6)7/h10-17,20,25H,9,18-19H2,1-8H3,(H,29,33)/t25-/m0/s1. The molecule has 7 nitrogen and oxygen atoms in total. The molecule has 0 aromatic heterocycles. The number of hydrogen-bond acceptors (Lipinski definition) is 4. The Morgan fingerprint density at radius 2 is 1.53 bits per heavy atom. The van der Waals surface area contributed by atoms with Gasteiger partial charge in [0.05, 0.1) is 11.9 Å². The normalized spacial score (nSPS) is 12.8. The summed E-state index contributed by atoms with van der Waals surface area (Å²) in [6.07, 6.45) is 1.49. The molecule has 0 aliphatic heterocycles. The first-order valence-electron chi connectivity index (χ1n) is 12.4. The Morgan fingerprint density at radius 1 is 0.972 bits per heavy atom. The second kappa shape index (κ2) is 11.9. The molecule has 8 heteroatoms. The lowest BCUT2D eigenvalue weighted by atomic mass is 9.87. The number of nitrogens with zero attached hydrogens (tertiary/aromatic N) is 2. The fraction of sp³-hybridized carbons (Fsp3) is 0.500. The lowest BCUT2D eigenvalue weighted by Crippen LogP contribution is -2.53. The van der Waals surface area contributed by atoms with Crippen molar-refractivity contribution in [3.05, 3.63) is 65.2 Å². The van der Waals surface area contributed by atoms with E-state index in [1.54, 1.807) is 12.1 Å². The Hall–Kier alpha value is -2.87. The fourth-order valence-corrected chi connectivity index (χ4v) is 4.78. The van der Waals surface area contributed by atoms with Crippen LogP contribution in [0.3, 0.4) is 0 Å². The van der Waals surface area contributed by atoms with Gasteiger partial charge in [-0.3, -0.25) is 13.9 Å². The number of carbonyl (C=O) groups excluding carboxylic acids is 2. The first-order chi connectivity index (χ1) is 16.6. The topological polar surface area (TPSA) is 86.8 Å². The molecule has 0 spiro atoms. The van der Waals surface area contributed by atoms with Crippen LogP contribution in [0.15, 0.2) is 48.5 Å². The molecule has 0 heterocycles. The van der Waals surface area contributed by atoms with Gasteiger partial charge in [-0.2, -0.15) is 0 Å². The summed E-state index contributed by atoms with van der Waals surface area (Å²) < 4.78 is 26.6. The van der Waals surface area contributed by atoms with Crippen LogP contribution >= 0.6 is 0 Å². The zero-order chi connectivity index (χ0) is 27.3. The number of anilines is 1. The second-order valence-electron chi connectivity index (χ2n) is 10.7. The number of rotatable bonds is 10. The van der Waals surface area contributed by atoms with Crippen molar-refractivity contribution in [2.24, 2.45) is 0 Å². The molecule has 198 valence electrons. The molecule has 0 aliphatic rings. The van der Waals surface area contributed by atoms with E-state index in [4.69, 9.17) is 0 Å². The van der Waals surface area contributed by atoms with E-state index in [9.17, 15) is 18.0 Å². The van der Waals surface area contributed by atoms with E-state index in [1.807, 2.05) is 64.1 Å². The van der Waals surface area contributed by atoms with Crippen molar-refractivity contribution in [3.8, 4) is 0 Å². The Balaban J connectivity index is 2.44. The molecule has 0 bridgehead atoms. The van der Waals surface area contributed by atoms with Crippen LogP contribution < -0.4 is 9.62 Å². The minimum absolute atomic E-state index is 0.0864. The van der Waals surface area contributed by atoms with E-state index in [-0.39, 0.29) is 23.9 Å². The smallest absolute Gasteiger partial charge is 0.244 e. The summed E-state index contributed by atoms with van der Waals surface area (Å²) in [6.45, 7) is 13.6. The molecular weight excluding hydrogens is 474 g/mol. The van der Waals surface area contributed by atoms with Crippen LogP contribution in [-0.4, -0.2) is 50.0 Å². The molecular formula is C28H41N3O4S. The highest BCUT2D eigenvalue weighted by Gasteiger charge is 2.32. The zero-order valence-corrected chi connectivity index (χ0v) is 23.6. The molecule has 2 aromatic rings. The van der Waals surface area contributed by atoms with Gasteiger partial charge >= 0.3 is 0 Å². The average Bonchev–Trinajstić information content (AvgIpc) is 2.76. The molecule has 0 radical (unpaired) electrons. The summed E-state index contributed by atoms with van der Waals surface area (Å²) in [7, 11) is -3.76. The summed E-state index contributed by atoms with van der Waals surface area (Å²) >= 11 is 0. The molecule has 1 N–H and O–H groups in total. The molecule has 2 aromatic carbocycles. The van der Waals surface area contributed by atoms with Gasteiger partial charge in [0.2, 0.25) is 21.8 Å². The lowest BCUT2D eigenvalue weighted by Gasteiger charge is -2.33. The van der Waals surface area contributed by atoms with E-state index >= 15 is 0 Å².